The standard InChI is InChI=1S/C15H12FN3O/c16-12-5-3-11(4-6-12)10-14(20)18-13-2-1-8-19-9-7-17-15(13)19/h1-9H,10H2,(H,18,20). The van der Waals surface area contributed by atoms with Gasteiger partial charge in [-0.25, -0.2) is 9.37 Å². The van der Waals surface area contributed by atoms with Gasteiger partial charge in [0.2, 0.25) is 5.91 Å². The van der Waals surface area contributed by atoms with Gasteiger partial charge >= 0.3 is 0 Å². The van der Waals surface area contributed by atoms with Crippen LogP contribution < -0.4 is 5.32 Å². The maximum atomic E-state index is 12.8. The van der Waals surface area contributed by atoms with Gasteiger partial charge in [-0.15, -0.1) is 0 Å². The first-order valence-corrected chi connectivity index (χ1v) is 6.18. The van der Waals surface area contributed by atoms with Crippen LogP contribution in [0.3, 0.4) is 0 Å². The minimum Gasteiger partial charge on any atom is -0.323 e. The number of nitrogens with zero attached hydrogens (tertiary/aromatic N) is 2. The van der Waals surface area contributed by atoms with Crippen molar-refractivity contribution in [3.63, 3.8) is 0 Å². The van der Waals surface area contributed by atoms with Gasteiger partial charge in [-0.05, 0) is 29.8 Å². The molecule has 5 heteroatoms. The molecule has 4 nitrogen and oxygen atoms in total. The van der Waals surface area contributed by atoms with E-state index in [-0.39, 0.29) is 18.1 Å². The highest BCUT2D eigenvalue weighted by Crippen LogP contribution is 2.15. The molecule has 1 amide bonds. The number of halogens is 1. The Morgan fingerprint density at radius 1 is 1.20 bits per heavy atom. The number of aromatic nitrogens is 2. The summed E-state index contributed by atoms with van der Waals surface area (Å²) in [6, 6.07) is 9.53. The van der Waals surface area contributed by atoms with Crippen LogP contribution in [0.4, 0.5) is 10.1 Å². The van der Waals surface area contributed by atoms with Gasteiger partial charge in [0, 0.05) is 18.6 Å². The van der Waals surface area contributed by atoms with Crippen LogP contribution in [0.15, 0.2) is 55.0 Å². The number of nitrogens with one attached hydrogen (secondary N) is 1. The molecule has 0 saturated heterocycles. The fourth-order valence-electron chi connectivity index (χ4n) is 2.03. The van der Waals surface area contributed by atoms with E-state index in [0.717, 1.165) is 5.56 Å². The summed E-state index contributed by atoms with van der Waals surface area (Å²) in [6.07, 6.45) is 5.54. The Morgan fingerprint density at radius 2 is 2.00 bits per heavy atom. The normalized spacial score (nSPS) is 10.7. The Balaban J connectivity index is 1.76. The predicted molar refractivity (Wildman–Crippen MR) is 73.9 cm³/mol. The maximum Gasteiger partial charge on any atom is 0.228 e. The van der Waals surface area contributed by atoms with Gasteiger partial charge in [0.1, 0.15) is 5.82 Å². The molecule has 0 radical (unpaired) electrons. The van der Waals surface area contributed by atoms with Crippen molar-refractivity contribution in [1.82, 2.24) is 9.38 Å². The molecule has 3 rings (SSSR count). The molecule has 0 spiro atoms. The molecule has 0 aliphatic carbocycles. The van der Waals surface area contributed by atoms with Crippen molar-refractivity contribution in [3.05, 3.63) is 66.4 Å². The number of benzene rings is 1. The number of carbonyl (C=O) groups is 1. The Hall–Kier alpha value is -2.69. The smallest absolute Gasteiger partial charge is 0.228 e. The van der Waals surface area contributed by atoms with Gasteiger partial charge in [-0.3, -0.25) is 4.79 Å². The largest absolute Gasteiger partial charge is 0.323 e. The van der Waals surface area contributed by atoms with Gasteiger partial charge in [0.25, 0.3) is 0 Å². The Morgan fingerprint density at radius 3 is 2.80 bits per heavy atom. The van der Waals surface area contributed by atoms with Crippen LogP contribution in [0.2, 0.25) is 0 Å². The van der Waals surface area contributed by atoms with Crippen molar-refractivity contribution in [3.8, 4) is 0 Å². The van der Waals surface area contributed by atoms with E-state index in [1.807, 2.05) is 22.9 Å². The van der Waals surface area contributed by atoms with E-state index in [4.69, 9.17) is 0 Å². The second-order valence-electron chi connectivity index (χ2n) is 4.43. The summed E-state index contributed by atoms with van der Waals surface area (Å²) in [5.74, 6) is -0.469. The molecule has 0 fully saturated rings. The zero-order valence-electron chi connectivity index (χ0n) is 10.6. The lowest BCUT2D eigenvalue weighted by Crippen LogP contribution is -2.15. The van der Waals surface area contributed by atoms with E-state index in [9.17, 15) is 9.18 Å². The highest BCUT2D eigenvalue weighted by Gasteiger charge is 2.07. The van der Waals surface area contributed by atoms with E-state index >= 15 is 0 Å². The first-order valence-electron chi connectivity index (χ1n) is 6.18. The lowest BCUT2D eigenvalue weighted by atomic mass is 10.1. The van der Waals surface area contributed by atoms with E-state index < -0.39 is 0 Å². The van der Waals surface area contributed by atoms with Crippen LogP contribution in [-0.4, -0.2) is 15.3 Å². The number of amides is 1. The number of anilines is 1. The summed E-state index contributed by atoms with van der Waals surface area (Å²) in [4.78, 5) is 16.2. The van der Waals surface area contributed by atoms with Crippen molar-refractivity contribution < 1.29 is 9.18 Å². The minimum atomic E-state index is -0.309. The summed E-state index contributed by atoms with van der Waals surface area (Å²) in [7, 11) is 0. The monoisotopic (exact) mass is 269 g/mol. The minimum absolute atomic E-state index is 0.160. The third-order valence-corrected chi connectivity index (χ3v) is 2.97. The van der Waals surface area contributed by atoms with Gasteiger partial charge in [0.05, 0.1) is 12.1 Å². The molecule has 100 valence electrons. The number of imidazole rings is 1. The number of carbonyl (C=O) groups excluding carboxylic acids is 1. The molecule has 20 heavy (non-hydrogen) atoms. The predicted octanol–water partition coefficient (Wildman–Crippen LogP) is 2.65. The second-order valence-corrected chi connectivity index (χ2v) is 4.43. The summed E-state index contributed by atoms with van der Waals surface area (Å²) in [6.45, 7) is 0. The van der Waals surface area contributed by atoms with Crippen molar-refractivity contribution in [2.75, 3.05) is 5.32 Å². The fraction of sp³-hybridized carbons (Fsp3) is 0.0667. The van der Waals surface area contributed by atoms with Crippen molar-refractivity contribution in [2.24, 2.45) is 0 Å². The van der Waals surface area contributed by atoms with Crippen LogP contribution >= 0.6 is 0 Å². The summed E-state index contributed by atoms with van der Waals surface area (Å²) in [5.41, 5.74) is 2.11. The molecule has 0 saturated carbocycles. The molecule has 0 unspecified atom stereocenters. The Labute approximate surface area is 114 Å². The first kappa shape index (κ1) is 12.3. The molecule has 0 aliphatic heterocycles. The molecule has 3 aromatic rings. The molecule has 2 heterocycles. The molecular formula is C15H12FN3O. The highest BCUT2D eigenvalue weighted by molar-refractivity contribution is 5.95. The molecule has 1 aromatic carbocycles. The van der Waals surface area contributed by atoms with Gasteiger partial charge in [-0.1, -0.05) is 12.1 Å². The van der Waals surface area contributed by atoms with E-state index in [0.29, 0.717) is 11.3 Å². The van der Waals surface area contributed by atoms with Crippen molar-refractivity contribution in [2.45, 2.75) is 6.42 Å². The van der Waals surface area contributed by atoms with Gasteiger partial charge in [-0.2, -0.15) is 0 Å². The van der Waals surface area contributed by atoms with Gasteiger partial charge < -0.3 is 9.72 Å². The quantitative estimate of drug-likeness (QED) is 0.794. The van der Waals surface area contributed by atoms with Crippen molar-refractivity contribution in [1.29, 1.82) is 0 Å². The molecular weight excluding hydrogens is 257 g/mol. The number of rotatable bonds is 3. The molecule has 2 aromatic heterocycles. The average Bonchev–Trinajstić information content (AvgIpc) is 2.91. The van der Waals surface area contributed by atoms with E-state index in [1.165, 1.54) is 12.1 Å². The van der Waals surface area contributed by atoms with Crippen molar-refractivity contribution >= 4 is 17.2 Å². The number of hydrogen-bond donors (Lipinski definition) is 1. The van der Waals surface area contributed by atoms with Crippen LogP contribution in [0.1, 0.15) is 5.56 Å². The van der Waals surface area contributed by atoms with Crippen LogP contribution in [0, 0.1) is 5.82 Å². The number of pyridine rings is 1. The third-order valence-electron chi connectivity index (χ3n) is 2.97. The van der Waals surface area contributed by atoms with Gasteiger partial charge in [0.15, 0.2) is 5.65 Å². The summed E-state index contributed by atoms with van der Waals surface area (Å²) < 4.78 is 14.6. The van der Waals surface area contributed by atoms with Crippen LogP contribution in [0.5, 0.6) is 0 Å². The molecule has 0 atom stereocenters. The van der Waals surface area contributed by atoms with E-state index in [1.54, 1.807) is 24.4 Å². The maximum absolute atomic E-state index is 12.8. The molecule has 0 aliphatic rings. The zero-order chi connectivity index (χ0) is 13.9. The van der Waals surface area contributed by atoms with Crippen LogP contribution in [-0.2, 0) is 11.2 Å². The molecule has 1 N–H and O–H groups in total. The third kappa shape index (κ3) is 2.51. The lowest BCUT2D eigenvalue weighted by Gasteiger charge is -2.06. The second kappa shape index (κ2) is 5.13. The fourth-order valence-corrected chi connectivity index (χ4v) is 2.03. The Bertz CT molecular complexity index is 749. The number of fused-ring (bicyclic) bond motifs is 1. The lowest BCUT2D eigenvalue weighted by molar-refractivity contribution is -0.115. The summed E-state index contributed by atoms with van der Waals surface area (Å²) in [5, 5.41) is 2.82. The Kier molecular flexibility index (Phi) is 3.16. The summed E-state index contributed by atoms with van der Waals surface area (Å²) >= 11 is 0. The molecule has 0 bridgehead atoms. The average molecular weight is 269 g/mol. The van der Waals surface area contributed by atoms with E-state index in [2.05, 4.69) is 10.3 Å². The first-order chi connectivity index (χ1) is 9.72. The topological polar surface area (TPSA) is 46.4 Å². The SMILES string of the molecule is O=C(Cc1ccc(F)cc1)Nc1cccn2ccnc12. The zero-order valence-corrected chi connectivity index (χ0v) is 10.6. The number of hydrogen-bond acceptors (Lipinski definition) is 2. The van der Waals surface area contributed by atoms with Crippen LogP contribution in [0.25, 0.3) is 5.65 Å². The highest BCUT2D eigenvalue weighted by atomic mass is 19.1.